The number of nitro benzene ring substituents is 1. The maximum atomic E-state index is 11.0. The minimum absolute atomic E-state index is 0.00823. The Balaban J connectivity index is 2.39. The van der Waals surface area contributed by atoms with Crippen LogP contribution in [0.2, 0.25) is 0 Å². The Morgan fingerprint density at radius 2 is 2.20 bits per heavy atom. The molecule has 1 aromatic rings. The van der Waals surface area contributed by atoms with Gasteiger partial charge in [0.15, 0.2) is 0 Å². The second-order valence-corrected chi connectivity index (χ2v) is 4.33. The van der Waals surface area contributed by atoms with Crippen molar-refractivity contribution in [2.75, 3.05) is 6.54 Å². The molecule has 0 unspecified atom stereocenters. The first-order chi connectivity index (χ1) is 9.65. The van der Waals surface area contributed by atoms with Crippen LogP contribution in [0.3, 0.4) is 0 Å². The van der Waals surface area contributed by atoms with Gasteiger partial charge in [-0.3, -0.25) is 10.1 Å². The minimum Gasteiger partial charge on any atom is -0.336 e. The lowest BCUT2D eigenvalue weighted by atomic mass is 10.1. The largest absolute Gasteiger partial charge is 0.336 e. The van der Waals surface area contributed by atoms with Crippen molar-refractivity contribution >= 4 is 17.2 Å². The molecule has 1 heterocycles. The number of hydrogen-bond donors (Lipinski definition) is 0. The average molecular weight is 270 g/mol. The topological polar surface area (TPSA) is 82.5 Å². The minimum atomic E-state index is -0.435. The second-order valence-electron chi connectivity index (χ2n) is 4.33. The van der Waals surface area contributed by atoms with Gasteiger partial charge in [0.2, 0.25) is 0 Å². The molecule has 0 N–H and O–H groups in total. The predicted molar refractivity (Wildman–Crippen MR) is 75.5 cm³/mol. The van der Waals surface area contributed by atoms with Crippen molar-refractivity contribution in [1.29, 1.82) is 5.26 Å². The summed E-state index contributed by atoms with van der Waals surface area (Å²) in [6.45, 7) is 2.62. The van der Waals surface area contributed by atoms with E-state index in [2.05, 4.69) is 11.1 Å². The Bertz CT molecular complexity index is 628. The van der Waals surface area contributed by atoms with Crippen LogP contribution in [-0.4, -0.2) is 22.2 Å². The van der Waals surface area contributed by atoms with Gasteiger partial charge in [0.1, 0.15) is 11.5 Å². The molecule has 0 aromatic heterocycles. The van der Waals surface area contributed by atoms with Crippen molar-refractivity contribution in [2.45, 2.75) is 19.8 Å². The van der Waals surface area contributed by atoms with E-state index in [1.54, 1.807) is 24.4 Å². The van der Waals surface area contributed by atoms with Gasteiger partial charge in [-0.2, -0.15) is 5.26 Å². The molecule has 0 saturated carbocycles. The van der Waals surface area contributed by atoms with Gasteiger partial charge in [-0.1, -0.05) is 12.1 Å². The summed E-state index contributed by atoms with van der Waals surface area (Å²) in [5.74, 6) is 0.751. The van der Waals surface area contributed by atoms with Crippen LogP contribution in [0.1, 0.15) is 19.8 Å². The Hall–Kier alpha value is -2.68. The van der Waals surface area contributed by atoms with E-state index in [0.717, 1.165) is 5.84 Å². The van der Waals surface area contributed by atoms with Crippen molar-refractivity contribution in [3.8, 4) is 6.07 Å². The van der Waals surface area contributed by atoms with E-state index in [1.807, 2.05) is 11.8 Å². The summed E-state index contributed by atoms with van der Waals surface area (Å²) in [6.07, 6.45) is 2.99. The number of rotatable bonds is 3. The van der Waals surface area contributed by atoms with Crippen LogP contribution >= 0.6 is 0 Å². The van der Waals surface area contributed by atoms with Gasteiger partial charge >= 0.3 is 0 Å². The Morgan fingerprint density at radius 1 is 1.45 bits per heavy atom. The Kier molecular flexibility index (Phi) is 4.11. The number of amidine groups is 1. The number of nitro groups is 1. The van der Waals surface area contributed by atoms with Gasteiger partial charge in [-0.25, -0.2) is 4.99 Å². The molecule has 102 valence electrons. The van der Waals surface area contributed by atoms with Gasteiger partial charge in [-0.15, -0.1) is 0 Å². The third kappa shape index (κ3) is 2.83. The molecule has 1 aromatic carbocycles. The Morgan fingerprint density at radius 3 is 2.85 bits per heavy atom. The molecule has 1 aliphatic rings. The van der Waals surface area contributed by atoms with E-state index < -0.39 is 4.92 Å². The van der Waals surface area contributed by atoms with Crippen molar-refractivity contribution in [2.24, 2.45) is 4.99 Å². The van der Waals surface area contributed by atoms with Crippen LogP contribution in [0.4, 0.5) is 11.4 Å². The second kappa shape index (κ2) is 5.97. The van der Waals surface area contributed by atoms with E-state index in [0.29, 0.717) is 30.6 Å². The number of aliphatic imine (C=N–C) groups is 1. The number of hydrogen-bond acceptors (Lipinski definition) is 4. The van der Waals surface area contributed by atoms with Gasteiger partial charge in [0.25, 0.3) is 5.69 Å². The van der Waals surface area contributed by atoms with Gasteiger partial charge in [0, 0.05) is 30.8 Å². The molecule has 0 aliphatic carbocycles. The van der Waals surface area contributed by atoms with Gasteiger partial charge in [0.05, 0.1) is 11.0 Å². The van der Waals surface area contributed by atoms with E-state index in [1.165, 1.54) is 6.07 Å². The maximum Gasteiger partial charge on any atom is 0.294 e. The van der Waals surface area contributed by atoms with Gasteiger partial charge < -0.3 is 4.90 Å². The van der Waals surface area contributed by atoms with E-state index >= 15 is 0 Å². The summed E-state index contributed by atoms with van der Waals surface area (Å²) in [5, 5.41) is 19.9. The number of para-hydroxylation sites is 2. The van der Waals surface area contributed by atoms with Crippen LogP contribution in [-0.2, 0) is 0 Å². The van der Waals surface area contributed by atoms with Crippen LogP contribution < -0.4 is 0 Å². The standard InChI is InChI=1S/C14H14N4O2/c1-2-17-10-11(9-15)7-8-14(17)16-12-5-3-4-6-13(12)18(19)20/h3-6,10H,2,7-8H2,1H3. The lowest BCUT2D eigenvalue weighted by molar-refractivity contribution is -0.384. The smallest absolute Gasteiger partial charge is 0.294 e. The summed E-state index contributed by atoms with van der Waals surface area (Å²) < 4.78 is 0. The first kappa shape index (κ1) is 13.7. The molecule has 0 atom stereocenters. The molecule has 0 radical (unpaired) electrons. The molecule has 2 rings (SSSR count). The highest BCUT2D eigenvalue weighted by Crippen LogP contribution is 2.28. The zero-order valence-corrected chi connectivity index (χ0v) is 11.1. The first-order valence-corrected chi connectivity index (χ1v) is 6.34. The average Bonchev–Trinajstić information content (AvgIpc) is 2.48. The third-order valence-corrected chi connectivity index (χ3v) is 3.07. The summed E-state index contributed by atoms with van der Waals surface area (Å²) in [7, 11) is 0. The highest BCUT2D eigenvalue weighted by atomic mass is 16.6. The highest BCUT2D eigenvalue weighted by molar-refractivity contribution is 5.88. The molecular weight excluding hydrogens is 256 g/mol. The molecule has 0 saturated heterocycles. The molecule has 0 amide bonds. The number of nitriles is 1. The number of nitrogens with zero attached hydrogens (tertiary/aromatic N) is 4. The maximum absolute atomic E-state index is 11.0. The molecular formula is C14H14N4O2. The predicted octanol–water partition coefficient (Wildman–Crippen LogP) is 3.15. The quantitative estimate of drug-likeness (QED) is 0.624. The third-order valence-electron chi connectivity index (χ3n) is 3.07. The molecule has 0 bridgehead atoms. The molecule has 6 nitrogen and oxygen atoms in total. The summed E-state index contributed by atoms with van der Waals surface area (Å²) in [5.41, 5.74) is 1.04. The Labute approximate surface area is 116 Å². The fraction of sp³-hybridized carbons (Fsp3) is 0.286. The summed E-state index contributed by atoms with van der Waals surface area (Å²) in [6, 6.07) is 8.55. The first-order valence-electron chi connectivity index (χ1n) is 6.34. The molecule has 6 heteroatoms. The normalized spacial score (nSPS) is 16.7. The van der Waals surface area contributed by atoms with E-state index in [4.69, 9.17) is 5.26 Å². The number of allylic oxidation sites excluding steroid dienone is 1. The lowest BCUT2D eigenvalue weighted by Gasteiger charge is -2.25. The van der Waals surface area contributed by atoms with E-state index in [9.17, 15) is 10.1 Å². The van der Waals surface area contributed by atoms with Crippen LogP contribution in [0, 0.1) is 21.4 Å². The van der Waals surface area contributed by atoms with Gasteiger partial charge in [-0.05, 0) is 19.4 Å². The van der Waals surface area contributed by atoms with Crippen molar-refractivity contribution in [3.63, 3.8) is 0 Å². The fourth-order valence-corrected chi connectivity index (χ4v) is 2.05. The zero-order chi connectivity index (χ0) is 14.5. The summed E-state index contributed by atoms with van der Waals surface area (Å²) in [4.78, 5) is 16.8. The molecule has 1 aliphatic heterocycles. The highest BCUT2D eigenvalue weighted by Gasteiger charge is 2.18. The SMILES string of the molecule is CCN1C=C(C#N)CCC1=Nc1ccccc1[N+](=O)[O-]. The van der Waals surface area contributed by atoms with Crippen molar-refractivity contribution in [3.05, 3.63) is 46.2 Å². The molecule has 20 heavy (non-hydrogen) atoms. The molecule has 0 spiro atoms. The van der Waals surface area contributed by atoms with E-state index in [-0.39, 0.29) is 5.69 Å². The van der Waals surface area contributed by atoms with Crippen LogP contribution in [0.15, 0.2) is 41.0 Å². The summed E-state index contributed by atoms with van der Waals surface area (Å²) >= 11 is 0. The van der Waals surface area contributed by atoms with Crippen molar-refractivity contribution < 1.29 is 4.92 Å². The number of benzene rings is 1. The lowest BCUT2D eigenvalue weighted by Crippen LogP contribution is -2.28. The van der Waals surface area contributed by atoms with Crippen LogP contribution in [0.25, 0.3) is 0 Å². The molecule has 0 fully saturated rings. The zero-order valence-electron chi connectivity index (χ0n) is 11.1. The van der Waals surface area contributed by atoms with Crippen molar-refractivity contribution in [1.82, 2.24) is 4.90 Å². The van der Waals surface area contributed by atoms with Crippen LogP contribution in [0.5, 0.6) is 0 Å². The monoisotopic (exact) mass is 270 g/mol. The fourth-order valence-electron chi connectivity index (χ4n) is 2.05.